The summed E-state index contributed by atoms with van der Waals surface area (Å²) in [5.41, 5.74) is 6.29. The first kappa shape index (κ1) is 14.9. The standard InChI is InChI=1S/C17H19N5O2/c1-22-13(6-9-19-22)17-7-5-11(10-17)14(17)16(24)21-20-15(23)12-4-2-3-8-18-12/h2-4,6,8-9,11,14H,5,7,10H2,1H3,(H,20,23)(H,21,24)/t11-,14+,17+/m0/s1. The van der Waals surface area contributed by atoms with Gasteiger partial charge in [0.15, 0.2) is 0 Å². The molecule has 2 N–H and O–H groups in total. The van der Waals surface area contributed by atoms with E-state index >= 15 is 0 Å². The summed E-state index contributed by atoms with van der Waals surface area (Å²) in [7, 11) is 1.91. The number of aromatic nitrogens is 3. The normalized spacial score (nSPS) is 27.4. The molecule has 2 bridgehead atoms. The first-order valence-electron chi connectivity index (χ1n) is 8.11. The zero-order valence-electron chi connectivity index (χ0n) is 13.4. The number of nitrogens with zero attached hydrogens (tertiary/aromatic N) is 3. The van der Waals surface area contributed by atoms with Crippen LogP contribution < -0.4 is 10.9 Å². The van der Waals surface area contributed by atoms with Gasteiger partial charge in [-0.15, -0.1) is 0 Å². The Morgan fingerprint density at radius 2 is 2.12 bits per heavy atom. The third-order valence-corrected chi connectivity index (χ3v) is 5.46. The summed E-state index contributed by atoms with van der Waals surface area (Å²) in [6.45, 7) is 0. The summed E-state index contributed by atoms with van der Waals surface area (Å²) in [6.07, 6.45) is 6.35. The monoisotopic (exact) mass is 325 g/mol. The van der Waals surface area contributed by atoms with Crippen molar-refractivity contribution in [3.63, 3.8) is 0 Å². The van der Waals surface area contributed by atoms with E-state index in [1.807, 2.05) is 17.8 Å². The lowest BCUT2D eigenvalue weighted by Gasteiger charge is -2.46. The molecule has 5 rings (SSSR count). The van der Waals surface area contributed by atoms with Crippen LogP contribution >= 0.6 is 0 Å². The number of rotatable bonds is 3. The fourth-order valence-electron chi connectivity index (χ4n) is 4.45. The first-order chi connectivity index (χ1) is 11.6. The van der Waals surface area contributed by atoms with Crippen LogP contribution in [0.15, 0.2) is 36.7 Å². The summed E-state index contributed by atoms with van der Waals surface area (Å²) in [5.74, 6) is -0.275. The molecular weight excluding hydrogens is 306 g/mol. The van der Waals surface area contributed by atoms with Crippen molar-refractivity contribution in [2.24, 2.45) is 18.9 Å². The van der Waals surface area contributed by atoms with E-state index in [0.717, 1.165) is 25.0 Å². The van der Waals surface area contributed by atoms with Crippen LogP contribution in [0.5, 0.6) is 0 Å². The maximum absolute atomic E-state index is 12.7. The predicted molar refractivity (Wildman–Crippen MR) is 85.6 cm³/mol. The highest BCUT2D eigenvalue weighted by Gasteiger charge is 2.63. The molecule has 3 atom stereocenters. The van der Waals surface area contributed by atoms with Gasteiger partial charge in [0.05, 0.1) is 5.92 Å². The molecule has 0 spiro atoms. The molecule has 0 radical (unpaired) electrons. The smallest absolute Gasteiger partial charge is 0.273 e. The Labute approximate surface area is 139 Å². The molecule has 24 heavy (non-hydrogen) atoms. The van der Waals surface area contributed by atoms with Crippen LogP contribution in [0.25, 0.3) is 0 Å². The summed E-state index contributed by atoms with van der Waals surface area (Å²) < 4.78 is 1.86. The molecule has 124 valence electrons. The van der Waals surface area contributed by atoms with Gasteiger partial charge in [0.1, 0.15) is 5.69 Å². The predicted octanol–water partition coefficient (Wildman–Crippen LogP) is 0.944. The quantitative estimate of drug-likeness (QED) is 0.822. The van der Waals surface area contributed by atoms with Crippen molar-refractivity contribution >= 4 is 11.8 Å². The Bertz CT molecular complexity index is 783. The van der Waals surface area contributed by atoms with E-state index in [4.69, 9.17) is 0 Å². The minimum atomic E-state index is -0.412. The van der Waals surface area contributed by atoms with Crippen LogP contribution in [0.4, 0.5) is 0 Å². The van der Waals surface area contributed by atoms with Gasteiger partial charge < -0.3 is 0 Å². The van der Waals surface area contributed by atoms with Gasteiger partial charge in [-0.2, -0.15) is 5.10 Å². The molecule has 7 heteroatoms. The Morgan fingerprint density at radius 3 is 2.79 bits per heavy atom. The highest BCUT2D eigenvalue weighted by Crippen LogP contribution is 2.63. The number of nitrogens with one attached hydrogen (secondary N) is 2. The van der Waals surface area contributed by atoms with Gasteiger partial charge in [0, 0.05) is 30.6 Å². The Balaban J connectivity index is 1.46. The van der Waals surface area contributed by atoms with Crippen LogP contribution in [0, 0.1) is 11.8 Å². The maximum atomic E-state index is 12.7. The van der Waals surface area contributed by atoms with Crippen molar-refractivity contribution in [2.45, 2.75) is 24.7 Å². The van der Waals surface area contributed by atoms with Crippen molar-refractivity contribution in [3.05, 3.63) is 48.0 Å². The van der Waals surface area contributed by atoms with Gasteiger partial charge in [-0.25, -0.2) is 0 Å². The van der Waals surface area contributed by atoms with Crippen molar-refractivity contribution in [1.82, 2.24) is 25.6 Å². The van der Waals surface area contributed by atoms with Crippen molar-refractivity contribution in [1.29, 1.82) is 0 Å². The molecule has 0 unspecified atom stereocenters. The van der Waals surface area contributed by atoms with Crippen LogP contribution in [-0.2, 0) is 17.3 Å². The highest BCUT2D eigenvalue weighted by molar-refractivity contribution is 5.94. The second-order valence-electron chi connectivity index (χ2n) is 6.64. The van der Waals surface area contributed by atoms with Crippen molar-refractivity contribution in [3.8, 4) is 0 Å². The van der Waals surface area contributed by atoms with Crippen LogP contribution in [0.3, 0.4) is 0 Å². The number of hydrogen-bond donors (Lipinski definition) is 2. The molecule has 0 saturated heterocycles. The molecule has 3 aliphatic carbocycles. The number of carbonyl (C=O) groups is 2. The average molecular weight is 325 g/mol. The topological polar surface area (TPSA) is 88.9 Å². The fraction of sp³-hybridized carbons (Fsp3) is 0.412. The molecular formula is C17H19N5O2. The van der Waals surface area contributed by atoms with Gasteiger partial charge in [-0.05, 0) is 43.4 Å². The summed E-state index contributed by atoms with van der Waals surface area (Å²) >= 11 is 0. The van der Waals surface area contributed by atoms with Crippen molar-refractivity contribution < 1.29 is 9.59 Å². The second kappa shape index (κ2) is 5.43. The van der Waals surface area contributed by atoms with E-state index < -0.39 is 5.91 Å². The number of fused-ring (bicyclic) bond motifs is 1. The van der Waals surface area contributed by atoms with Gasteiger partial charge in [0.2, 0.25) is 5.91 Å². The third-order valence-electron chi connectivity index (χ3n) is 5.46. The molecule has 3 aliphatic rings. The lowest BCUT2D eigenvalue weighted by molar-refractivity contribution is -0.133. The molecule has 3 saturated carbocycles. The van der Waals surface area contributed by atoms with E-state index in [2.05, 4.69) is 20.9 Å². The van der Waals surface area contributed by atoms with E-state index in [1.165, 1.54) is 0 Å². The second-order valence-corrected chi connectivity index (χ2v) is 6.64. The molecule has 3 fully saturated rings. The summed E-state index contributed by atoms with van der Waals surface area (Å²) in [6, 6.07) is 7.06. The minimum Gasteiger partial charge on any atom is -0.273 e. The van der Waals surface area contributed by atoms with Crippen molar-refractivity contribution in [2.75, 3.05) is 0 Å². The number of carbonyl (C=O) groups excluding carboxylic acids is 2. The SMILES string of the molecule is Cn1nccc1[C@@]12CC[C@@H](C1)[C@@H]2C(=O)NNC(=O)c1ccccn1. The van der Waals surface area contributed by atoms with Gasteiger partial charge in [-0.3, -0.25) is 30.1 Å². The van der Waals surface area contributed by atoms with E-state index in [0.29, 0.717) is 5.92 Å². The average Bonchev–Trinajstić information content (AvgIpc) is 3.28. The lowest BCUT2D eigenvalue weighted by Crippen LogP contribution is -2.56. The Morgan fingerprint density at radius 1 is 1.25 bits per heavy atom. The van der Waals surface area contributed by atoms with Gasteiger partial charge >= 0.3 is 0 Å². The number of hydrogen-bond acceptors (Lipinski definition) is 4. The van der Waals surface area contributed by atoms with Crippen LogP contribution in [0.1, 0.15) is 35.4 Å². The lowest BCUT2D eigenvalue weighted by atomic mass is 9.58. The van der Waals surface area contributed by atoms with E-state index in [1.54, 1.807) is 30.6 Å². The Hall–Kier alpha value is -2.70. The summed E-state index contributed by atoms with van der Waals surface area (Å²) in [5, 5.41) is 4.25. The number of amides is 2. The zero-order valence-corrected chi connectivity index (χ0v) is 13.4. The van der Waals surface area contributed by atoms with Gasteiger partial charge in [0.25, 0.3) is 5.91 Å². The largest absolute Gasteiger partial charge is 0.288 e. The van der Waals surface area contributed by atoms with Crippen LogP contribution in [0.2, 0.25) is 0 Å². The number of hydrazine groups is 1. The molecule has 0 aromatic carbocycles. The molecule has 7 nitrogen and oxygen atoms in total. The molecule has 2 aromatic heterocycles. The van der Waals surface area contributed by atoms with E-state index in [-0.39, 0.29) is 22.9 Å². The highest BCUT2D eigenvalue weighted by atomic mass is 16.2. The Kier molecular flexibility index (Phi) is 3.37. The number of aryl methyl sites for hydroxylation is 1. The van der Waals surface area contributed by atoms with Gasteiger partial charge in [-0.1, -0.05) is 6.07 Å². The first-order valence-corrected chi connectivity index (χ1v) is 8.11. The fourth-order valence-corrected chi connectivity index (χ4v) is 4.45. The zero-order chi connectivity index (χ0) is 16.7. The summed E-state index contributed by atoms with van der Waals surface area (Å²) in [4.78, 5) is 28.6. The molecule has 2 aromatic rings. The molecule has 2 heterocycles. The van der Waals surface area contributed by atoms with Crippen LogP contribution in [-0.4, -0.2) is 26.6 Å². The third kappa shape index (κ3) is 2.11. The molecule has 0 aliphatic heterocycles. The van der Waals surface area contributed by atoms with E-state index in [9.17, 15) is 9.59 Å². The minimum absolute atomic E-state index is 0.114. The molecule has 2 amide bonds. The maximum Gasteiger partial charge on any atom is 0.288 e. The number of pyridine rings is 1.